The number of rotatable bonds is 3. The van der Waals surface area contributed by atoms with Gasteiger partial charge in [0, 0.05) is 22.7 Å². The van der Waals surface area contributed by atoms with Crippen LogP contribution in [0.5, 0.6) is 0 Å². The standard InChI is InChI=1S/C16H25BrN2/c1-11-8-15(17)9-12(2)16(11)18-13(3)14-6-5-7-19(4)10-14/h8-9,13-14,18H,5-7,10H2,1-4H3. The average Bonchev–Trinajstić information content (AvgIpc) is 2.33. The quantitative estimate of drug-likeness (QED) is 0.896. The number of piperidine rings is 1. The molecule has 1 saturated heterocycles. The van der Waals surface area contributed by atoms with E-state index in [1.165, 1.54) is 42.7 Å². The molecule has 3 heteroatoms. The molecule has 106 valence electrons. The van der Waals surface area contributed by atoms with Gasteiger partial charge in [0.05, 0.1) is 0 Å². The van der Waals surface area contributed by atoms with Crippen molar-refractivity contribution in [2.24, 2.45) is 5.92 Å². The molecular formula is C16H25BrN2. The first-order valence-corrected chi connectivity index (χ1v) is 7.98. The van der Waals surface area contributed by atoms with E-state index in [2.05, 4.69) is 66.1 Å². The molecule has 1 aromatic carbocycles. The lowest BCUT2D eigenvalue weighted by atomic mass is 9.91. The van der Waals surface area contributed by atoms with E-state index in [4.69, 9.17) is 0 Å². The highest BCUT2D eigenvalue weighted by atomic mass is 79.9. The molecule has 0 aromatic heterocycles. The van der Waals surface area contributed by atoms with Crippen LogP contribution >= 0.6 is 15.9 Å². The summed E-state index contributed by atoms with van der Waals surface area (Å²) in [5, 5.41) is 3.75. The van der Waals surface area contributed by atoms with E-state index in [0.29, 0.717) is 6.04 Å². The first-order chi connectivity index (χ1) is 8.97. The first-order valence-electron chi connectivity index (χ1n) is 7.19. The molecule has 2 nitrogen and oxygen atoms in total. The maximum atomic E-state index is 3.75. The molecule has 2 rings (SSSR count). The molecule has 19 heavy (non-hydrogen) atoms. The molecule has 0 radical (unpaired) electrons. The summed E-state index contributed by atoms with van der Waals surface area (Å²) >= 11 is 3.56. The van der Waals surface area contributed by atoms with Crippen molar-refractivity contribution in [1.29, 1.82) is 0 Å². The van der Waals surface area contributed by atoms with Crippen molar-refractivity contribution in [1.82, 2.24) is 4.90 Å². The Balaban J connectivity index is 2.08. The van der Waals surface area contributed by atoms with Gasteiger partial charge in [-0.2, -0.15) is 0 Å². The zero-order valence-corrected chi connectivity index (χ0v) is 14.0. The molecule has 1 aliphatic rings. The Kier molecular flexibility index (Phi) is 4.91. The summed E-state index contributed by atoms with van der Waals surface area (Å²) < 4.78 is 1.16. The molecule has 2 unspecified atom stereocenters. The minimum Gasteiger partial charge on any atom is -0.382 e. The molecule has 2 atom stereocenters. The number of nitrogens with one attached hydrogen (secondary N) is 1. The van der Waals surface area contributed by atoms with Gasteiger partial charge in [0.15, 0.2) is 0 Å². The fourth-order valence-corrected chi connectivity index (χ4v) is 3.79. The maximum absolute atomic E-state index is 3.75. The predicted octanol–water partition coefficient (Wildman–Crippen LogP) is 4.21. The van der Waals surface area contributed by atoms with E-state index in [9.17, 15) is 0 Å². The van der Waals surface area contributed by atoms with Gasteiger partial charge >= 0.3 is 0 Å². The van der Waals surface area contributed by atoms with Crippen LogP contribution in [0.15, 0.2) is 16.6 Å². The van der Waals surface area contributed by atoms with Crippen LogP contribution in [0.25, 0.3) is 0 Å². The highest BCUT2D eigenvalue weighted by Gasteiger charge is 2.23. The maximum Gasteiger partial charge on any atom is 0.0402 e. The summed E-state index contributed by atoms with van der Waals surface area (Å²) in [7, 11) is 2.23. The number of nitrogens with zero attached hydrogens (tertiary/aromatic N) is 1. The van der Waals surface area contributed by atoms with Crippen LogP contribution in [0.1, 0.15) is 30.9 Å². The first kappa shape index (κ1) is 14.9. The van der Waals surface area contributed by atoms with E-state index in [-0.39, 0.29) is 0 Å². The summed E-state index contributed by atoms with van der Waals surface area (Å²) in [6.45, 7) is 9.15. The third kappa shape index (κ3) is 3.73. The molecule has 1 heterocycles. The van der Waals surface area contributed by atoms with E-state index < -0.39 is 0 Å². The minimum atomic E-state index is 0.529. The molecule has 1 aromatic rings. The van der Waals surface area contributed by atoms with Gasteiger partial charge in [-0.25, -0.2) is 0 Å². The summed E-state index contributed by atoms with van der Waals surface area (Å²) in [5.41, 5.74) is 3.95. The second-order valence-electron chi connectivity index (χ2n) is 6.01. The molecular weight excluding hydrogens is 300 g/mol. The molecule has 0 amide bonds. The van der Waals surface area contributed by atoms with Crippen molar-refractivity contribution in [2.75, 3.05) is 25.5 Å². The predicted molar refractivity (Wildman–Crippen MR) is 86.9 cm³/mol. The zero-order valence-electron chi connectivity index (χ0n) is 12.5. The van der Waals surface area contributed by atoms with Crippen LogP contribution < -0.4 is 5.32 Å². The van der Waals surface area contributed by atoms with Crippen molar-refractivity contribution in [2.45, 2.75) is 39.7 Å². The highest BCUT2D eigenvalue weighted by molar-refractivity contribution is 9.10. The van der Waals surface area contributed by atoms with E-state index in [0.717, 1.165) is 10.4 Å². The largest absolute Gasteiger partial charge is 0.382 e. The Morgan fingerprint density at radius 3 is 2.53 bits per heavy atom. The lowest BCUT2D eigenvalue weighted by molar-refractivity contribution is 0.197. The number of hydrogen-bond acceptors (Lipinski definition) is 2. The van der Waals surface area contributed by atoms with Gasteiger partial charge < -0.3 is 10.2 Å². The van der Waals surface area contributed by atoms with E-state index in [1.807, 2.05) is 0 Å². The van der Waals surface area contributed by atoms with E-state index in [1.54, 1.807) is 0 Å². The lowest BCUT2D eigenvalue weighted by Gasteiger charge is -2.34. The van der Waals surface area contributed by atoms with Crippen LogP contribution in [0.2, 0.25) is 0 Å². The number of anilines is 1. The van der Waals surface area contributed by atoms with Gasteiger partial charge in [0.25, 0.3) is 0 Å². The van der Waals surface area contributed by atoms with Crippen molar-refractivity contribution < 1.29 is 0 Å². The van der Waals surface area contributed by atoms with Crippen molar-refractivity contribution in [3.05, 3.63) is 27.7 Å². The van der Waals surface area contributed by atoms with E-state index >= 15 is 0 Å². The molecule has 1 N–H and O–H groups in total. The summed E-state index contributed by atoms with van der Waals surface area (Å²) in [4.78, 5) is 2.45. The third-order valence-corrected chi connectivity index (χ3v) is 4.70. The molecule has 1 fully saturated rings. The van der Waals surface area contributed by atoms with Gasteiger partial charge in [-0.15, -0.1) is 0 Å². The second kappa shape index (κ2) is 6.27. The van der Waals surface area contributed by atoms with Crippen molar-refractivity contribution in [3.8, 4) is 0 Å². The fraction of sp³-hybridized carbons (Fsp3) is 0.625. The van der Waals surface area contributed by atoms with Crippen LogP contribution in [0.4, 0.5) is 5.69 Å². The highest BCUT2D eigenvalue weighted by Crippen LogP contribution is 2.28. The Labute approximate surface area is 125 Å². The number of halogens is 1. The van der Waals surface area contributed by atoms with Crippen molar-refractivity contribution in [3.63, 3.8) is 0 Å². The smallest absolute Gasteiger partial charge is 0.0402 e. The topological polar surface area (TPSA) is 15.3 Å². The summed E-state index contributed by atoms with van der Waals surface area (Å²) in [6.07, 6.45) is 2.67. The second-order valence-corrected chi connectivity index (χ2v) is 6.93. The molecule has 1 aliphatic heterocycles. The van der Waals surface area contributed by atoms with Crippen LogP contribution in [0, 0.1) is 19.8 Å². The lowest BCUT2D eigenvalue weighted by Crippen LogP contribution is -2.40. The zero-order chi connectivity index (χ0) is 14.0. The van der Waals surface area contributed by atoms with Gasteiger partial charge in [0.2, 0.25) is 0 Å². The molecule has 0 spiro atoms. The number of likely N-dealkylation sites (tertiary alicyclic amines) is 1. The van der Waals surface area contributed by atoms with Gasteiger partial charge in [-0.1, -0.05) is 15.9 Å². The summed E-state index contributed by atoms with van der Waals surface area (Å²) in [5.74, 6) is 0.751. The Morgan fingerprint density at radius 1 is 1.32 bits per heavy atom. The number of benzene rings is 1. The molecule has 0 saturated carbocycles. The van der Waals surface area contributed by atoms with Crippen LogP contribution in [-0.4, -0.2) is 31.1 Å². The van der Waals surface area contributed by atoms with Gasteiger partial charge in [0.1, 0.15) is 0 Å². The van der Waals surface area contributed by atoms with Crippen LogP contribution in [-0.2, 0) is 0 Å². The van der Waals surface area contributed by atoms with Gasteiger partial charge in [-0.05, 0) is 76.4 Å². The van der Waals surface area contributed by atoms with Crippen molar-refractivity contribution >= 4 is 21.6 Å². The summed E-state index contributed by atoms with van der Waals surface area (Å²) in [6, 6.07) is 4.91. The minimum absolute atomic E-state index is 0.529. The molecule has 0 bridgehead atoms. The SMILES string of the molecule is Cc1cc(Br)cc(C)c1NC(C)C1CCCN(C)C1. The monoisotopic (exact) mass is 324 g/mol. The molecule has 0 aliphatic carbocycles. The number of aryl methyl sites for hydroxylation is 2. The average molecular weight is 325 g/mol. The fourth-order valence-electron chi connectivity index (χ4n) is 3.10. The van der Waals surface area contributed by atoms with Gasteiger partial charge in [-0.3, -0.25) is 0 Å². The Morgan fingerprint density at radius 2 is 1.95 bits per heavy atom. The number of hydrogen-bond donors (Lipinski definition) is 1. The van der Waals surface area contributed by atoms with Crippen LogP contribution in [0.3, 0.4) is 0 Å². The Bertz CT molecular complexity index is 421. The third-order valence-electron chi connectivity index (χ3n) is 4.24. The Hall–Kier alpha value is -0.540. The normalized spacial score (nSPS) is 22.3.